The maximum Gasteiger partial charge on any atom is 0.339 e. The highest BCUT2D eigenvalue weighted by molar-refractivity contribution is 9.11. The number of nitro groups is 1. The normalized spacial score (nSPS) is 12.4. The standard InChI is InChI=1S/C12H10ClNO3.C12H11NO4.C11H11NO6.C11H13NO4.C11H12O4.C9H10O3.C7H8O3.C2H4Br2.C2H3ClO.Cl3OP.HNO3.H2/c1-15-9-6-8-10(7(13)2-3-14-8)12-11(9)16-4-5-17-12;1-15-9-6-7-10(8(14)2-3-13-7)12-11(9)16-4-5-17-12;1-6(13)9-7(12(14)15)5-8(16-2)10-11(9)18-4-3-17-10;1-6(13)9-7(12)5-8(14-2)10-11(9)16-4-3-15-10;1-7(12)8-3-4-9(13-2)11-10(8)14-5-6-15-11;1-10-7-3-2-4-8-9(7)12-6-5-11-8;1-10-6-4-2-3-5(8)7(6)9;3-1-2-4;1-2(3)4;1-5(2,3)4;2-1(3)4;/h2-3,6H,4-5H2,1H3;2-3,6H,4-5H2,1H3,(H,13,14);5H,3-4H2,1-2H3;5H,3-4,12H2,1-2H3;3-4H,5-6H2,1-2H3;2-4H,5-6H2,1H3;2-4,8-9H,1H3;1-2H2;1H3;;(H,2,3,4);1H. The van der Waals surface area contributed by atoms with Crippen LogP contribution in [0.3, 0.4) is 0 Å². The van der Waals surface area contributed by atoms with Crippen LogP contribution in [-0.2, 0) is 9.36 Å². The number of carbonyl (C=O) groups is 4. The fourth-order valence-corrected chi connectivity index (χ4v) is 11.1. The molecule has 0 amide bonds. The third-order valence-electron chi connectivity index (χ3n) is 15.5. The molecule has 0 saturated carbocycles. The number of phenols is 2. The van der Waals surface area contributed by atoms with E-state index in [1.54, 1.807) is 89.4 Å². The lowest BCUT2D eigenvalue weighted by Crippen LogP contribution is -2.19. The van der Waals surface area contributed by atoms with Gasteiger partial charge in [-0.1, -0.05) is 55.6 Å². The molecule has 122 heavy (non-hydrogen) atoms. The molecule has 0 spiro atoms. The quantitative estimate of drug-likeness (QED) is 0.0111. The number of nitrogens with zero attached hydrogens (tertiary/aromatic N) is 3. The molecule has 0 aliphatic carbocycles. The van der Waals surface area contributed by atoms with Gasteiger partial charge < -0.3 is 116 Å². The van der Waals surface area contributed by atoms with Gasteiger partial charge in [0.2, 0.25) is 39.7 Å². The zero-order chi connectivity index (χ0) is 90.5. The van der Waals surface area contributed by atoms with E-state index in [1.165, 1.54) is 67.2 Å². The Kier molecular flexibility index (Phi) is 42.2. The van der Waals surface area contributed by atoms with Crippen LogP contribution in [0.25, 0.3) is 21.8 Å². The van der Waals surface area contributed by atoms with Gasteiger partial charge in [0, 0.05) is 55.7 Å². The largest absolute Gasteiger partial charge is 0.504 e. The number of nitrogens with one attached hydrogen (secondary N) is 1. The van der Waals surface area contributed by atoms with Crippen molar-refractivity contribution in [3.05, 3.63) is 149 Å². The van der Waals surface area contributed by atoms with E-state index in [-0.39, 0.29) is 76.0 Å². The number of hydrogen-bond acceptors (Lipinski definition) is 33. The Hall–Kier alpha value is -11.3. The molecule has 0 radical (unpaired) electrons. The lowest BCUT2D eigenvalue weighted by Gasteiger charge is -2.23. The second-order valence-corrected chi connectivity index (χ2v) is 32.6. The summed E-state index contributed by atoms with van der Waals surface area (Å²) in [7, 11) is 10.6. The van der Waals surface area contributed by atoms with Gasteiger partial charge in [-0.2, -0.15) is 0 Å². The zero-order valence-corrected chi connectivity index (χ0v) is 74.7. The molecule has 664 valence electrons. The average Bonchev–Trinajstić information content (AvgIpc) is 0.777. The third kappa shape index (κ3) is 29.5. The number of benzene rings is 7. The number of H-pyrrole nitrogens is 1. The van der Waals surface area contributed by atoms with Gasteiger partial charge in [-0.25, -0.2) is 0 Å². The monoisotopic (exact) mass is 1960 g/mol. The number of fused-ring (bicyclic) bond motifs is 10. The number of aromatic nitrogens is 2. The predicted octanol–water partition coefficient (Wildman–Crippen LogP) is 16.3. The number of methoxy groups -OCH3 is 7. The molecule has 0 saturated heterocycles. The highest BCUT2D eigenvalue weighted by atomic mass is 79.9. The molecule has 37 nitrogen and oxygen atoms in total. The fraction of sp³-hybridized carbons (Fsp3) is 0.325. The van der Waals surface area contributed by atoms with E-state index < -0.39 is 21.0 Å². The minimum atomic E-state index is -3.22. The highest BCUT2D eigenvalue weighted by Gasteiger charge is 2.33. The molecule has 0 unspecified atom stereocenters. The molecule has 15 rings (SSSR count). The first-order valence-electron chi connectivity index (χ1n) is 35.2. The van der Waals surface area contributed by atoms with E-state index in [4.69, 9.17) is 133 Å². The second kappa shape index (κ2) is 50.8. The molecule has 6 aliphatic rings. The highest BCUT2D eigenvalue weighted by Crippen LogP contribution is 2.61. The van der Waals surface area contributed by atoms with Crippen molar-refractivity contribution in [1.29, 1.82) is 0 Å². The Morgan fingerprint density at radius 1 is 0.516 bits per heavy atom. The van der Waals surface area contributed by atoms with Crippen molar-refractivity contribution in [3.8, 4) is 121 Å². The van der Waals surface area contributed by atoms with Crippen molar-refractivity contribution >= 4 is 150 Å². The van der Waals surface area contributed by atoms with E-state index in [0.717, 1.165) is 33.1 Å². The molecule has 6 aliphatic heterocycles. The number of Topliss-reactive ketones (excluding diaryl/α,β-unsaturated/α-hetero) is 3. The van der Waals surface area contributed by atoms with Crippen LogP contribution >= 0.6 is 94.0 Å². The summed E-state index contributed by atoms with van der Waals surface area (Å²) < 4.78 is 111. The SMILES string of the molecule is BrCCBr.CC(=O)Cl.COc1cc(N)c(C(C)=O)c2c1OCCO2.COc1cc([N+](=O)[O-])c(C(C)=O)c2c1OCCO2.COc1cc2[nH]ccc(=O)c2c2c1OCCO2.COc1cc2nccc(Cl)c2c2c1OCCO2.COc1ccc(C(C)=O)c2c1OCCO2.COc1cccc(O)c1O.COc1cccc2c1OCCO2.O=P(Cl)(Cl)Cl.O=[N+]([O-])O.[HH]. The van der Waals surface area contributed by atoms with Gasteiger partial charge in [0.15, 0.2) is 109 Å². The molecule has 7 aromatic carbocycles. The number of aromatic amines is 1. The number of rotatable bonds is 12. The van der Waals surface area contributed by atoms with Crippen molar-refractivity contribution < 1.29 is 141 Å². The number of carbonyl (C=O) groups excluding carboxylic acids is 4. The van der Waals surface area contributed by atoms with Crippen molar-refractivity contribution in [3.63, 3.8) is 0 Å². The van der Waals surface area contributed by atoms with Crippen molar-refractivity contribution in [1.82, 2.24) is 9.97 Å². The van der Waals surface area contributed by atoms with Crippen LogP contribution in [-0.4, -0.2) is 198 Å². The Morgan fingerprint density at radius 2 is 0.893 bits per heavy atom. The minimum absolute atomic E-state index is 0. The Bertz CT molecular complexity index is 5190. The summed E-state index contributed by atoms with van der Waals surface area (Å²) in [5, 5.41) is 42.9. The molecule has 2 aromatic heterocycles. The topological polar surface area (TPSA) is 479 Å². The number of nitro benzene ring substituents is 1. The van der Waals surface area contributed by atoms with E-state index in [1.807, 2.05) is 18.2 Å². The van der Waals surface area contributed by atoms with E-state index in [2.05, 4.69) is 87.2 Å². The number of para-hydroxylation sites is 2. The number of pyridine rings is 2. The third-order valence-corrected chi connectivity index (χ3v) is 17.7. The zero-order valence-electron chi connectivity index (χ0n) is 66.8. The first-order chi connectivity index (χ1) is 58.1. The Morgan fingerprint density at radius 3 is 1.34 bits per heavy atom. The van der Waals surface area contributed by atoms with Gasteiger partial charge in [-0.15, -0.1) is 10.1 Å². The van der Waals surface area contributed by atoms with Crippen LogP contribution in [0, 0.1) is 20.2 Å². The van der Waals surface area contributed by atoms with Gasteiger partial charge >= 0.3 is 5.20 Å². The summed E-state index contributed by atoms with van der Waals surface area (Å²) in [5.41, 5.74) is 7.91. The van der Waals surface area contributed by atoms with Crippen LogP contribution in [0.1, 0.15) is 60.2 Å². The summed E-state index contributed by atoms with van der Waals surface area (Å²) in [6, 6.07) is 23.0. The second-order valence-electron chi connectivity index (χ2n) is 23.4. The number of ether oxygens (including phenoxy) is 19. The summed E-state index contributed by atoms with van der Waals surface area (Å²) in [4.78, 5) is 81.4. The van der Waals surface area contributed by atoms with Gasteiger partial charge in [0.25, 0.3) is 10.8 Å². The van der Waals surface area contributed by atoms with Crippen LogP contribution in [0.5, 0.6) is 121 Å². The number of anilines is 1. The fourth-order valence-electron chi connectivity index (χ4n) is 10.8. The van der Waals surface area contributed by atoms with E-state index >= 15 is 0 Å². The number of phenolic OH excluding ortho intramolecular Hbond substituents is 2. The molecule has 9 aromatic rings. The van der Waals surface area contributed by atoms with Crippen molar-refractivity contribution in [2.75, 3.05) is 145 Å². The molecule has 0 bridgehead atoms. The van der Waals surface area contributed by atoms with Gasteiger partial charge in [0.05, 0.1) is 104 Å². The molecular formula is C77H85Br2Cl5N5O32P. The molecular weight excluding hydrogens is 1870 g/mol. The Balaban J connectivity index is 0.000000293. The maximum absolute atomic E-state index is 11.9. The first kappa shape index (κ1) is 101. The number of nitrogen functional groups attached to an aromatic ring is 1. The summed E-state index contributed by atoms with van der Waals surface area (Å²) >= 11 is 31.1. The summed E-state index contributed by atoms with van der Waals surface area (Å²) in [6.45, 7) is 10.9. The van der Waals surface area contributed by atoms with Crippen LogP contribution < -0.4 is 101 Å². The average molecular weight is 1960 g/mol. The van der Waals surface area contributed by atoms with Crippen molar-refractivity contribution in [2.24, 2.45) is 0 Å². The van der Waals surface area contributed by atoms with Gasteiger partial charge in [-0.05, 0) is 109 Å². The lowest BCUT2D eigenvalue weighted by atomic mass is 10.1. The molecule has 0 fully saturated rings. The van der Waals surface area contributed by atoms with Crippen LogP contribution in [0.2, 0.25) is 5.02 Å². The number of alkyl halides is 2. The predicted molar refractivity (Wildman–Crippen MR) is 460 cm³/mol. The molecule has 0 atom stereocenters. The first-order valence-corrected chi connectivity index (χ1v) is 42.6. The van der Waals surface area contributed by atoms with Gasteiger partial charge in [0.1, 0.15) is 84.8 Å². The number of ketones is 3. The van der Waals surface area contributed by atoms with E-state index in [9.17, 15) is 38.7 Å². The number of halogens is 7. The minimum Gasteiger partial charge on any atom is -0.504 e. The maximum atomic E-state index is 11.9. The molecule has 8 heterocycles. The van der Waals surface area contributed by atoms with Gasteiger partial charge in [-0.3, -0.25) is 43.6 Å². The van der Waals surface area contributed by atoms with Crippen LogP contribution in [0.4, 0.5) is 11.4 Å². The Labute approximate surface area is 739 Å². The van der Waals surface area contributed by atoms with E-state index in [0.29, 0.717) is 180 Å². The van der Waals surface area contributed by atoms with Crippen LogP contribution in [0.15, 0.2) is 102 Å². The number of hydrogen-bond donors (Lipinski definition) is 5. The molecule has 6 N–H and O–H groups in total. The number of aromatic hydroxyl groups is 2. The molecule has 45 heteroatoms. The van der Waals surface area contributed by atoms with Crippen molar-refractivity contribution in [2.45, 2.75) is 27.7 Å². The lowest BCUT2D eigenvalue weighted by molar-refractivity contribution is -0.742. The summed E-state index contributed by atoms with van der Waals surface area (Å²) in [5.74, 6) is 8.24. The number of nitrogens with two attached hydrogens (primary N) is 1. The summed E-state index contributed by atoms with van der Waals surface area (Å²) in [6.07, 6.45) is 3.25. The smallest absolute Gasteiger partial charge is 0.339 e.